The average Bonchev–Trinajstić information content (AvgIpc) is 3.33. The molecule has 0 N–H and O–H groups in total. The first-order valence-electron chi connectivity index (χ1n) is 10.1. The fraction of sp³-hybridized carbons (Fsp3) is 0.154. The molecule has 3 heterocycles. The van der Waals surface area contributed by atoms with Gasteiger partial charge in [0.1, 0.15) is 6.33 Å². The lowest BCUT2D eigenvalue weighted by Gasteiger charge is -2.22. The number of benzene rings is 3. The van der Waals surface area contributed by atoms with Crippen molar-refractivity contribution in [3.8, 4) is 11.3 Å². The highest BCUT2D eigenvalue weighted by Gasteiger charge is 2.20. The topological polar surface area (TPSA) is 25.8 Å². The van der Waals surface area contributed by atoms with Crippen LogP contribution in [0.2, 0.25) is 0 Å². The van der Waals surface area contributed by atoms with E-state index in [4.69, 9.17) is 4.98 Å². The fourth-order valence-electron chi connectivity index (χ4n) is 4.30. The van der Waals surface area contributed by atoms with Crippen LogP contribution in [0.3, 0.4) is 0 Å². The van der Waals surface area contributed by atoms with Crippen molar-refractivity contribution < 1.29 is 0 Å². The summed E-state index contributed by atoms with van der Waals surface area (Å²) in [7, 11) is 0. The molecule has 6 rings (SSSR count). The first kappa shape index (κ1) is 18.0. The molecule has 0 atom stereocenters. The van der Waals surface area contributed by atoms with Crippen LogP contribution >= 0.6 is 22.7 Å². The van der Waals surface area contributed by atoms with Crippen LogP contribution in [-0.4, -0.2) is 9.97 Å². The summed E-state index contributed by atoms with van der Waals surface area (Å²) in [6.07, 6.45) is 1.72. The summed E-state index contributed by atoms with van der Waals surface area (Å²) in [5, 5.41) is 7.25. The van der Waals surface area contributed by atoms with Crippen LogP contribution in [0.5, 0.6) is 0 Å². The molecule has 0 saturated carbocycles. The van der Waals surface area contributed by atoms with Gasteiger partial charge in [0.25, 0.3) is 0 Å². The number of hydrogen-bond acceptors (Lipinski definition) is 4. The van der Waals surface area contributed by atoms with Gasteiger partial charge in [-0.2, -0.15) is 0 Å². The van der Waals surface area contributed by atoms with Crippen molar-refractivity contribution in [2.75, 3.05) is 0 Å². The summed E-state index contributed by atoms with van der Waals surface area (Å²) in [6, 6.07) is 20.0. The summed E-state index contributed by atoms with van der Waals surface area (Å²) < 4.78 is 3.75. The third-order valence-electron chi connectivity index (χ3n) is 5.77. The molecule has 30 heavy (non-hydrogen) atoms. The Labute approximate surface area is 182 Å². The Kier molecular flexibility index (Phi) is 3.80. The molecule has 6 aromatic rings. The molecule has 0 bridgehead atoms. The lowest BCUT2D eigenvalue weighted by molar-refractivity contribution is 0.596. The number of hydrogen-bond donors (Lipinski definition) is 0. The van der Waals surface area contributed by atoms with E-state index >= 15 is 0 Å². The Morgan fingerprint density at radius 3 is 2.53 bits per heavy atom. The molecule has 3 aromatic carbocycles. The molecular formula is C26H20N2S2. The van der Waals surface area contributed by atoms with Crippen molar-refractivity contribution in [1.82, 2.24) is 9.97 Å². The third kappa shape index (κ3) is 2.68. The van der Waals surface area contributed by atoms with E-state index in [1.807, 2.05) is 0 Å². The van der Waals surface area contributed by atoms with Crippen LogP contribution in [0.1, 0.15) is 26.3 Å². The fourth-order valence-corrected chi connectivity index (χ4v) is 6.31. The lowest BCUT2D eigenvalue weighted by Crippen LogP contribution is -2.12. The van der Waals surface area contributed by atoms with Gasteiger partial charge in [0.05, 0.1) is 15.9 Å². The van der Waals surface area contributed by atoms with Crippen molar-refractivity contribution >= 4 is 63.8 Å². The predicted octanol–water partition coefficient (Wildman–Crippen LogP) is 8.18. The van der Waals surface area contributed by atoms with E-state index in [-0.39, 0.29) is 5.41 Å². The second-order valence-electron chi connectivity index (χ2n) is 8.80. The Morgan fingerprint density at radius 2 is 1.67 bits per heavy atom. The van der Waals surface area contributed by atoms with Gasteiger partial charge in [0.2, 0.25) is 0 Å². The summed E-state index contributed by atoms with van der Waals surface area (Å²) in [5.41, 5.74) is 4.65. The molecule has 0 aliphatic heterocycles. The van der Waals surface area contributed by atoms with Crippen molar-refractivity contribution in [2.24, 2.45) is 0 Å². The minimum Gasteiger partial charge on any atom is -0.235 e. The van der Waals surface area contributed by atoms with E-state index in [9.17, 15) is 0 Å². The Balaban J connectivity index is 1.68. The molecule has 0 unspecified atom stereocenters. The zero-order valence-corrected chi connectivity index (χ0v) is 18.7. The Bertz CT molecular complexity index is 1580. The lowest BCUT2D eigenvalue weighted by atomic mass is 9.82. The molecule has 2 nitrogen and oxygen atoms in total. The quantitative estimate of drug-likeness (QED) is 0.266. The summed E-state index contributed by atoms with van der Waals surface area (Å²) in [5.74, 6) is 0. The average molecular weight is 425 g/mol. The monoisotopic (exact) mass is 424 g/mol. The predicted molar refractivity (Wildman–Crippen MR) is 132 cm³/mol. The first-order chi connectivity index (χ1) is 14.5. The van der Waals surface area contributed by atoms with Gasteiger partial charge in [0, 0.05) is 20.3 Å². The highest BCUT2D eigenvalue weighted by Crippen LogP contribution is 2.42. The van der Waals surface area contributed by atoms with Gasteiger partial charge >= 0.3 is 0 Å². The smallest absolute Gasteiger partial charge is 0.116 e. The molecule has 0 aliphatic carbocycles. The normalized spacial score (nSPS) is 12.5. The maximum atomic E-state index is 4.76. The van der Waals surface area contributed by atoms with E-state index in [0.717, 1.165) is 11.2 Å². The van der Waals surface area contributed by atoms with Crippen molar-refractivity contribution in [3.63, 3.8) is 0 Å². The summed E-state index contributed by atoms with van der Waals surface area (Å²) in [4.78, 5) is 9.45. The molecule has 146 valence electrons. The summed E-state index contributed by atoms with van der Waals surface area (Å²) in [6.45, 7) is 6.83. The highest BCUT2D eigenvalue weighted by molar-refractivity contribution is 7.26. The molecule has 0 fully saturated rings. The van der Waals surface area contributed by atoms with Gasteiger partial charge < -0.3 is 0 Å². The van der Waals surface area contributed by atoms with Gasteiger partial charge in [0.15, 0.2) is 0 Å². The number of thiophene rings is 2. The standard InChI is InChI=1S/C26H20N2S2/c1-26(2,3)20-11-17(10-15-6-4-5-7-18(15)20)23-25-24(28-14-27-23)19-13-21-16(8-9-29-21)12-22(19)30-25/h4-14H,1-3H3. The first-order valence-corrected chi connectivity index (χ1v) is 11.8. The molecule has 0 amide bonds. The number of rotatable bonds is 1. The number of aromatic nitrogens is 2. The van der Waals surface area contributed by atoms with E-state index in [1.165, 1.54) is 46.8 Å². The Hall–Kier alpha value is -2.82. The zero-order valence-electron chi connectivity index (χ0n) is 17.1. The molecule has 0 saturated heterocycles. The SMILES string of the molecule is CC(C)(C)c1cc(-c2ncnc3c2sc2cc4ccsc4cc23)cc2ccccc12. The second kappa shape index (κ2) is 6.34. The van der Waals surface area contributed by atoms with Crippen LogP contribution in [-0.2, 0) is 5.41 Å². The van der Waals surface area contributed by atoms with E-state index < -0.39 is 0 Å². The van der Waals surface area contributed by atoms with Gasteiger partial charge in [-0.15, -0.1) is 22.7 Å². The van der Waals surface area contributed by atoms with Crippen molar-refractivity contribution in [1.29, 1.82) is 0 Å². The molecule has 0 spiro atoms. The van der Waals surface area contributed by atoms with Crippen molar-refractivity contribution in [2.45, 2.75) is 26.2 Å². The van der Waals surface area contributed by atoms with E-state index in [1.54, 1.807) is 29.0 Å². The maximum Gasteiger partial charge on any atom is 0.116 e. The van der Waals surface area contributed by atoms with Gasteiger partial charge in [-0.05, 0) is 62.8 Å². The van der Waals surface area contributed by atoms with Gasteiger partial charge in [-0.25, -0.2) is 9.97 Å². The molecular weight excluding hydrogens is 404 g/mol. The third-order valence-corrected chi connectivity index (χ3v) is 7.80. The van der Waals surface area contributed by atoms with Crippen LogP contribution in [0.4, 0.5) is 0 Å². The minimum atomic E-state index is 0.0479. The number of fused-ring (bicyclic) bond motifs is 5. The minimum absolute atomic E-state index is 0.0479. The number of nitrogens with zero attached hydrogens (tertiary/aromatic N) is 2. The van der Waals surface area contributed by atoms with Crippen molar-refractivity contribution in [3.05, 3.63) is 71.9 Å². The van der Waals surface area contributed by atoms with Crippen LogP contribution in [0, 0.1) is 0 Å². The van der Waals surface area contributed by atoms with Crippen LogP contribution < -0.4 is 0 Å². The van der Waals surface area contributed by atoms with E-state index in [0.29, 0.717) is 0 Å². The second-order valence-corrected chi connectivity index (χ2v) is 10.8. The van der Waals surface area contributed by atoms with Crippen LogP contribution in [0.15, 0.2) is 66.3 Å². The molecule has 4 heteroatoms. The van der Waals surface area contributed by atoms with Gasteiger partial charge in [-0.3, -0.25) is 0 Å². The van der Waals surface area contributed by atoms with Crippen LogP contribution in [0.25, 0.3) is 52.4 Å². The Morgan fingerprint density at radius 1 is 0.800 bits per heavy atom. The molecule has 3 aromatic heterocycles. The summed E-state index contributed by atoms with van der Waals surface area (Å²) >= 11 is 3.58. The van der Waals surface area contributed by atoms with E-state index in [2.05, 4.69) is 85.7 Å². The van der Waals surface area contributed by atoms with Gasteiger partial charge in [-0.1, -0.05) is 45.0 Å². The molecule has 0 radical (unpaired) electrons. The largest absolute Gasteiger partial charge is 0.235 e. The maximum absolute atomic E-state index is 4.76. The highest BCUT2D eigenvalue weighted by atomic mass is 32.1. The molecule has 0 aliphatic rings. The zero-order chi connectivity index (χ0) is 20.5.